The molecule has 4 rings (SSSR count). The molecule has 0 saturated heterocycles. The van der Waals surface area contributed by atoms with Gasteiger partial charge in [0.15, 0.2) is 0 Å². The summed E-state index contributed by atoms with van der Waals surface area (Å²) in [4.78, 5) is 0. The normalized spacial score (nSPS) is 13.9. The van der Waals surface area contributed by atoms with Gasteiger partial charge in [-0.25, -0.2) is 0 Å². The number of hydrogen-bond donors (Lipinski definition) is 0. The van der Waals surface area contributed by atoms with Crippen LogP contribution in [0.4, 0.5) is 0 Å². The Morgan fingerprint density at radius 1 is 0.629 bits per heavy atom. The predicted octanol–water partition coefficient (Wildman–Crippen LogP) is -0.788. The van der Waals surface area contributed by atoms with Gasteiger partial charge in [0, 0.05) is 0 Å². The Labute approximate surface area is 243 Å². The number of rotatable bonds is 5. The minimum absolute atomic E-state index is 0. The van der Waals surface area contributed by atoms with Gasteiger partial charge in [-0.05, 0) is 0 Å². The first-order valence-corrected chi connectivity index (χ1v) is 15.3. The van der Waals surface area contributed by atoms with Gasteiger partial charge in [-0.3, -0.25) is 0 Å². The quantitative estimate of drug-likeness (QED) is 0.277. The largest absolute Gasteiger partial charge is 1.00 e. The van der Waals surface area contributed by atoms with Crippen LogP contribution in [0, 0.1) is 0 Å². The van der Waals surface area contributed by atoms with Gasteiger partial charge in [0.25, 0.3) is 0 Å². The molecule has 1 aliphatic rings. The van der Waals surface area contributed by atoms with Crippen LogP contribution in [0.3, 0.4) is 0 Å². The molecule has 0 heterocycles. The van der Waals surface area contributed by atoms with Crippen molar-refractivity contribution in [1.82, 2.24) is 0 Å². The molecule has 0 amide bonds. The minimum Gasteiger partial charge on any atom is -1.00 e. The fraction of sp³-hybridized carbons (Fsp3) is 0.267. The fourth-order valence-electron chi connectivity index (χ4n) is 5.03. The van der Waals surface area contributed by atoms with Crippen LogP contribution < -0.4 is 37.2 Å². The van der Waals surface area contributed by atoms with Crippen LogP contribution in [0.25, 0.3) is 0 Å². The van der Waals surface area contributed by atoms with Crippen molar-refractivity contribution >= 4 is 8.07 Å². The Hall–Kier alpha value is -1.06. The Kier molecular flexibility index (Phi) is 11.4. The monoisotopic (exact) mass is 574 g/mol. The standard InChI is InChI=1S/C30H33Si.3ClH.Ti/c1-29(2,3)31(4,5)28-23-15-22-27(28)30(24-16-9-6-10-17-24,25-18-11-7-12-19-25)26-20-13-8-14-21-26;;;;/h6-14,16-22H,15H2,1-5H3;3*1H;/q;;;;+3/p-3. The summed E-state index contributed by atoms with van der Waals surface area (Å²) in [5, 5.41) is 1.92. The van der Waals surface area contributed by atoms with Crippen molar-refractivity contribution in [3.05, 3.63) is 128 Å². The van der Waals surface area contributed by atoms with Crippen LogP contribution in [-0.2, 0) is 25.9 Å². The first-order valence-electron chi connectivity index (χ1n) is 11.5. The van der Waals surface area contributed by atoms with E-state index in [1.54, 1.807) is 9.07 Å². The molecule has 1 aliphatic carbocycles. The molecule has 0 bridgehead atoms. The molecule has 5 heteroatoms. The molecule has 3 aromatic carbocycles. The van der Waals surface area contributed by atoms with Gasteiger partial charge in [0.1, 0.15) is 0 Å². The molecular weight excluding hydrogens is 543 g/mol. The molecule has 0 spiro atoms. The van der Waals surface area contributed by atoms with Crippen LogP contribution in [-0.4, -0.2) is 8.07 Å². The summed E-state index contributed by atoms with van der Waals surface area (Å²) in [6.07, 6.45) is 3.59. The van der Waals surface area contributed by atoms with E-state index in [0.717, 1.165) is 6.42 Å². The molecule has 35 heavy (non-hydrogen) atoms. The van der Waals surface area contributed by atoms with E-state index < -0.39 is 8.07 Å². The van der Waals surface area contributed by atoms with E-state index in [9.17, 15) is 0 Å². The summed E-state index contributed by atoms with van der Waals surface area (Å²) < 4.78 is 1.55. The van der Waals surface area contributed by atoms with Crippen molar-refractivity contribution in [3.8, 4) is 0 Å². The summed E-state index contributed by atoms with van der Waals surface area (Å²) in [5.74, 6) is 0. The van der Waals surface area contributed by atoms with Gasteiger partial charge in [-0.15, -0.1) is 0 Å². The second kappa shape index (κ2) is 12.5. The molecule has 0 nitrogen and oxygen atoms in total. The molecule has 0 aromatic heterocycles. The van der Waals surface area contributed by atoms with Crippen molar-refractivity contribution in [2.45, 2.75) is 50.7 Å². The third kappa shape index (κ3) is 5.62. The zero-order valence-corrected chi connectivity index (χ0v) is 25.9. The second-order valence-electron chi connectivity index (χ2n) is 10.4. The molecule has 0 atom stereocenters. The first kappa shape index (κ1) is 32.0. The van der Waals surface area contributed by atoms with Crippen molar-refractivity contribution in [2.24, 2.45) is 0 Å². The minimum atomic E-state index is -1.80. The van der Waals surface area contributed by atoms with E-state index in [1.165, 1.54) is 22.3 Å². The topological polar surface area (TPSA) is 0 Å². The van der Waals surface area contributed by atoms with Crippen molar-refractivity contribution in [1.29, 1.82) is 0 Å². The maximum Gasteiger partial charge on any atom is -1.00 e. The summed E-state index contributed by atoms with van der Waals surface area (Å²) in [6.45, 7) is 12.4. The molecule has 182 valence electrons. The van der Waals surface area contributed by atoms with Crippen LogP contribution in [0.2, 0.25) is 18.1 Å². The van der Waals surface area contributed by atoms with Crippen molar-refractivity contribution in [2.75, 3.05) is 0 Å². The average Bonchev–Trinajstić information content (AvgIpc) is 3.18. The van der Waals surface area contributed by atoms with E-state index in [1.807, 2.05) is 0 Å². The number of benzene rings is 3. The number of hydrogen-bond acceptors (Lipinski definition) is 0. The molecule has 0 N–H and O–H groups in total. The van der Waals surface area contributed by atoms with Crippen LogP contribution in [0.15, 0.2) is 112 Å². The molecule has 0 fully saturated rings. The molecule has 0 radical (unpaired) electrons. The average molecular weight is 576 g/mol. The fourth-order valence-corrected chi connectivity index (χ4v) is 9.43. The molecule has 0 aliphatic heterocycles. The Morgan fingerprint density at radius 2 is 0.971 bits per heavy atom. The van der Waals surface area contributed by atoms with E-state index in [2.05, 4.69) is 151 Å². The van der Waals surface area contributed by atoms with E-state index in [0.29, 0.717) is 0 Å². The zero-order chi connectivity index (χ0) is 23.0. The van der Waals surface area contributed by atoms with Crippen LogP contribution >= 0.6 is 0 Å². The summed E-state index contributed by atoms with van der Waals surface area (Å²) >= 11 is 2.37. The Morgan fingerprint density at radius 3 is 1.29 bits per heavy atom. The summed E-state index contributed by atoms with van der Waals surface area (Å²) in [5.41, 5.74) is 5.20. The predicted molar refractivity (Wildman–Crippen MR) is 136 cm³/mol. The Bertz CT molecular complexity index is 1050. The molecule has 3 aromatic rings. The third-order valence-electron chi connectivity index (χ3n) is 7.61. The maximum atomic E-state index is 2.57. The number of halogens is 3. The summed E-state index contributed by atoms with van der Waals surface area (Å²) in [6, 6.07) is 33.4. The molecule has 0 saturated carbocycles. The van der Waals surface area contributed by atoms with Gasteiger partial charge in [0.05, 0.1) is 0 Å². The zero-order valence-electron chi connectivity index (χ0n) is 21.1. The van der Waals surface area contributed by atoms with E-state index >= 15 is 0 Å². The van der Waals surface area contributed by atoms with Gasteiger partial charge in [0.2, 0.25) is 0 Å². The van der Waals surface area contributed by atoms with Crippen LogP contribution in [0.1, 0.15) is 43.9 Å². The van der Waals surface area contributed by atoms with E-state index in [-0.39, 0.29) is 47.7 Å². The number of allylic oxidation sites excluding steroid dienone is 4. The summed E-state index contributed by atoms with van der Waals surface area (Å²) in [7, 11) is -1.80. The van der Waals surface area contributed by atoms with Gasteiger partial charge in [-0.1, -0.05) is 0 Å². The van der Waals surface area contributed by atoms with E-state index in [4.69, 9.17) is 0 Å². The third-order valence-corrected chi connectivity index (χ3v) is 14.3. The van der Waals surface area contributed by atoms with Crippen LogP contribution in [0.5, 0.6) is 0 Å². The Balaban J connectivity index is 0.00000204. The molecular formula is C30H33Cl3SiTi. The SMILES string of the molecule is CC(C)(C)[Si](C)(C)C1=[C]([Ti+3])CC=C1C(c1ccccc1)(c1ccccc1)c1ccccc1.[Cl-].[Cl-].[Cl-]. The first-order chi connectivity index (χ1) is 15.2. The smallest absolute Gasteiger partial charge is 1.00 e. The van der Waals surface area contributed by atoms with Crippen molar-refractivity contribution in [3.63, 3.8) is 0 Å². The maximum absolute atomic E-state index is 2.57. The van der Waals surface area contributed by atoms with Gasteiger partial charge >= 0.3 is 208 Å². The second-order valence-corrected chi connectivity index (χ2v) is 16.6. The van der Waals surface area contributed by atoms with Gasteiger partial charge in [-0.2, -0.15) is 0 Å². The van der Waals surface area contributed by atoms with Crippen molar-refractivity contribution < 1.29 is 57.7 Å². The molecule has 0 unspecified atom stereocenters. The van der Waals surface area contributed by atoms with Gasteiger partial charge < -0.3 is 37.2 Å².